The maximum atomic E-state index is 13.6. The van der Waals surface area contributed by atoms with Gasteiger partial charge in [-0.15, -0.1) is 0 Å². The molecule has 0 aliphatic carbocycles. The number of allylic oxidation sites excluding steroid dienone is 2. The summed E-state index contributed by atoms with van der Waals surface area (Å²) in [5.74, 6) is 0.0930. The Labute approximate surface area is 111 Å². The predicted octanol–water partition coefficient (Wildman–Crippen LogP) is 3.02. The molecule has 19 heavy (non-hydrogen) atoms. The second-order valence-electron chi connectivity index (χ2n) is 3.86. The van der Waals surface area contributed by atoms with Gasteiger partial charge in [0.2, 0.25) is 0 Å². The average Bonchev–Trinajstić information content (AvgIpc) is 2.36. The first-order valence-electron chi connectivity index (χ1n) is 5.69. The van der Waals surface area contributed by atoms with Gasteiger partial charge < -0.3 is 10.5 Å². The number of hydrogen-bond donors (Lipinski definition) is 1. The molecule has 5 heteroatoms. The molecular formula is C14H14FN3O. The van der Waals surface area contributed by atoms with E-state index in [-0.39, 0.29) is 5.75 Å². The molecule has 0 bridgehead atoms. The number of rotatable bonds is 3. The van der Waals surface area contributed by atoms with Crippen LogP contribution in [0.25, 0.3) is 0 Å². The van der Waals surface area contributed by atoms with Gasteiger partial charge in [-0.05, 0) is 25.1 Å². The number of nitrogens with two attached hydrogens (primary N) is 1. The molecule has 1 aliphatic rings. The van der Waals surface area contributed by atoms with Crippen molar-refractivity contribution in [2.24, 2.45) is 5.10 Å². The Kier molecular flexibility index (Phi) is 3.66. The van der Waals surface area contributed by atoms with Gasteiger partial charge in [0.05, 0.1) is 5.70 Å². The van der Waals surface area contributed by atoms with E-state index in [0.717, 1.165) is 0 Å². The maximum Gasteiger partial charge on any atom is 0.167 e. The van der Waals surface area contributed by atoms with Crippen LogP contribution in [-0.4, -0.2) is 11.2 Å². The molecule has 0 amide bonds. The van der Waals surface area contributed by atoms with Crippen LogP contribution < -0.4 is 10.5 Å². The monoisotopic (exact) mass is 259 g/mol. The van der Waals surface area contributed by atoms with Crippen LogP contribution in [0, 0.1) is 5.82 Å². The zero-order valence-electron chi connectivity index (χ0n) is 10.5. The molecule has 2 N–H and O–H groups in total. The third-order valence-corrected chi connectivity index (χ3v) is 2.41. The minimum Gasteiger partial charge on any atom is -0.454 e. The highest BCUT2D eigenvalue weighted by Crippen LogP contribution is 2.24. The Morgan fingerprint density at radius 2 is 2.26 bits per heavy atom. The molecule has 0 radical (unpaired) electrons. The summed E-state index contributed by atoms with van der Waals surface area (Å²) >= 11 is 0. The SMILES string of the molecule is C=C1C=C(Oc2ccc(N)cc2F)C=CN1/N=C\C. The molecule has 2 rings (SSSR count). The van der Waals surface area contributed by atoms with Gasteiger partial charge in [-0.2, -0.15) is 5.10 Å². The average molecular weight is 259 g/mol. The molecule has 0 spiro atoms. The molecule has 0 saturated heterocycles. The van der Waals surface area contributed by atoms with Crippen molar-refractivity contribution in [3.63, 3.8) is 0 Å². The van der Waals surface area contributed by atoms with Gasteiger partial charge in [-0.3, -0.25) is 0 Å². The summed E-state index contributed by atoms with van der Waals surface area (Å²) < 4.78 is 19.0. The standard InChI is InChI=1S/C14H14FN3O/c1-3-17-18-7-6-12(8-10(18)2)19-14-5-4-11(16)9-13(14)15/h3-9H,2,16H2,1H3/b17-3-. The van der Waals surface area contributed by atoms with Crippen molar-refractivity contribution >= 4 is 11.9 Å². The van der Waals surface area contributed by atoms with Crippen LogP contribution in [0.1, 0.15) is 6.92 Å². The first-order chi connectivity index (χ1) is 9.10. The molecule has 1 heterocycles. The van der Waals surface area contributed by atoms with Crippen LogP contribution in [0.15, 0.2) is 59.7 Å². The molecule has 0 aromatic heterocycles. The summed E-state index contributed by atoms with van der Waals surface area (Å²) in [5, 5.41) is 5.66. The third-order valence-electron chi connectivity index (χ3n) is 2.41. The molecule has 0 unspecified atom stereocenters. The number of hydrazone groups is 1. The molecule has 1 aromatic carbocycles. The van der Waals surface area contributed by atoms with Crippen molar-refractivity contribution in [2.75, 3.05) is 5.73 Å². The number of hydrogen-bond acceptors (Lipinski definition) is 4. The summed E-state index contributed by atoms with van der Waals surface area (Å²) in [6.07, 6.45) is 6.68. The van der Waals surface area contributed by atoms with E-state index in [4.69, 9.17) is 10.5 Å². The predicted molar refractivity (Wildman–Crippen MR) is 73.8 cm³/mol. The van der Waals surface area contributed by atoms with Crippen LogP contribution in [0.3, 0.4) is 0 Å². The highest BCUT2D eigenvalue weighted by molar-refractivity contribution is 5.53. The Morgan fingerprint density at radius 3 is 2.89 bits per heavy atom. The van der Waals surface area contributed by atoms with Gasteiger partial charge in [-0.1, -0.05) is 6.58 Å². The first kappa shape index (κ1) is 12.9. The fraction of sp³-hybridized carbons (Fsp3) is 0.0714. The molecule has 0 saturated carbocycles. The Balaban J connectivity index is 2.15. The van der Waals surface area contributed by atoms with Crippen LogP contribution in [-0.2, 0) is 0 Å². The van der Waals surface area contributed by atoms with E-state index in [9.17, 15) is 4.39 Å². The van der Waals surface area contributed by atoms with E-state index >= 15 is 0 Å². The van der Waals surface area contributed by atoms with Gasteiger partial charge in [0, 0.05) is 30.2 Å². The molecular weight excluding hydrogens is 245 g/mol. The number of ether oxygens (including phenoxy) is 1. The van der Waals surface area contributed by atoms with Gasteiger partial charge >= 0.3 is 0 Å². The molecule has 98 valence electrons. The zero-order valence-corrected chi connectivity index (χ0v) is 10.5. The Bertz CT molecular complexity index is 590. The van der Waals surface area contributed by atoms with Crippen LogP contribution in [0.5, 0.6) is 5.75 Å². The Hall–Kier alpha value is -2.56. The number of nitrogens with zero attached hydrogens (tertiary/aromatic N) is 2. The lowest BCUT2D eigenvalue weighted by Gasteiger charge is -2.19. The minimum absolute atomic E-state index is 0.116. The largest absolute Gasteiger partial charge is 0.454 e. The van der Waals surface area contributed by atoms with E-state index in [1.165, 1.54) is 12.1 Å². The summed E-state index contributed by atoms with van der Waals surface area (Å²) in [5.41, 5.74) is 6.46. The second-order valence-corrected chi connectivity index (χ2v) is 3.86. The fourth-order valence-corrected chi connectivity index (χ4v) is 1.55. The second kappa shape index (κ2) is 5.39. The molecule has 1 aromatic rings. The molecule has 0 atom stereocenters. The summed E-state index contributed by atoms with van der Waals surface area (Å²) in [7, 11) is 0. The number of benzene rings is 1. The van der Waals surface area contributed by atoms with Gasteiger partial charge in [-0.25, -0.2) is 9.40 Å². The van der Waals surface area contributed by atoms with Crippen molar-refractivity contribution < 1.29 is 9.13 Å². The van der Waals surface area contributed by atoms with Crippen LogP contribution in [0.2, 0.25) is 0 Å². The third kappa shape index (κ3) is 3.01. The lowest BCUT2D eigenvalue weighted by atomic mass is 10.2. The van der Waals surface area contributed by atoms with E-state index in [1.807, 2.05) is 0 Å². The molecule has 1 aliphatic heterocycles. The number of nitrogen functional groups attached to an aromatic ring is 1. The Morgan fingerprint density at radius 1 is 1.47 bits per heavy atom. The lowest BCUT2D eigenvalue weighted by Crippen LogP contribution is -2.12. The van der Waals surface area contributed by atoms with Gasteiger partial charge in [0.1, 0.15) is 5.76 Å². The smallest absolute Gasteiger partial charge is 0.167 e. The van der Waals surface area contributed by atoms with Crippen LogP contribution >= 0.6 is 0 Å². The molecule has 4 nitrogen and oxygen atoms in total. The first-order valence-corrected chi connectivity index (χ1v) is 5.69. The fourth-order valence-electron chi connectivity index (χ4n) is 1.55. The van der Waals surface area contributed by atoms with E-state index in [1.54, 1.807) is 42.6 Å². The summed E-state index contributed by atoms with van der Waals surface area (Å²) in [6, 6.07) is 4.28. The van der Waals surface area contributed by atoms with Crippen molar-refractivity contribution in [3.8, 4) is 5.75 Å². The van der Waals surface area contributed by atoms with Gasteiger partial charge in [0.25, 0.3) is 0 Å². The number of halogens is 1. The quantitative estimate of drug-likeness (QED) is 0.670. The van der Waals surface area contributed by atoms with E-state index in [0.29, 0.717) is 17.1 Å². The van der Waals surface area contributed by atoms with Crippen molar-refractivity contribution in [1.29, 1.82) is 0 Å². The molecule has 0 fully saturated rings. The zero-order chi connectivity index (χ0) is 13.8. The maximum absolute atomic E-state index is 13.6. The highest BCUT2D eigenvalue weighted by atomic mass is 19.1. The summed E-state index contributed by atoms with van der Waals surface area (Å²) in [4.78, 5) is 0. The van der Waals surface area contributed by atoms with Crippen molar-refractivity contribution in [3.05, 3.63) is 60.4 Å². The highest BCUT2D eigenvalue weighted by Gasteiger charge is 2.11. The van der Waals surface area contributed by atoms with E-state index < -0.39 is 5.82 Å². The lowest BCUT2D eigenvalue weighted by molar-refractivity contribution is 0.399. The number of anilines is 1. The minimum atomic E-state index is -0.506. The van der Waals surface area contributed by atoms with E-state index in [2.05, 4.69) is 11.7 Å². The topological polar surface area (TPSA) is 50.9 Å². The summed E-state index contributed by atoms with van der Waals surface area (Å²) in [6.45, 7) is 5.64. The van der Waals surface area contributed by atoms with Gasteiger partial charge in [0.15, 0.2) is 11.6 Å². The van der Waals surface area contributed by atoms with Crippen LogP contribution in [0.4, 0.5) is 10.1 Å². The normalized spacial score (nSPS) is 14.9. The van der Waals surface area contributed by atoms with Crippen molar-refractivity contribution in [2.45, 2.75) is 6.92 Å². The van der Waals surface area contributed by atoms with Crippen molar-refractivity contribution in [1.82, 2.24) is 5.01 Å².